The average Bonchev–Trinajstić information content (AvgIpc) is 2.77. The van der Waals surface area contributed by atoms with Crippen LogP contribution in [0, 0.1) is 13.8 Å². The maximum atomic E-state index is 4.69. The van der Waals surface area contributed by atoms with Crippen molar-refractivity contribution in [3.63, 3.8) is 0 Å². The largest absolute Gasteiger partial charge is 0.241 e. The molecule has 2 aromatic rings. The molecule has 0 fully saturated rings. The van der Waals surface area contributed by atoms with Crippen molar-refractivity contribution >= 4 is 11.3 Å². The highest BCUT2D eigenvalue weighted by Crippen LogP contribution is 2.29. The molecule has 2 rings (SSSR count). The van der Waals surface area contributed by atoms with E-state index in [2.05, 4.69) is 49.2 Å². The van der Waals surface area contributed by atoms with Gasteiger partial charge < -0.3 is 0 Å². The number of nitrogens with zero attached hydrogens (tertiary/aromatic N) is 1. The molecule has 95 valence electrons. The van der Waals surface area contributed by atoms with E-state index in [1.807, 2.05) is 11.3 Å². The lowest BCUT2D eigenvalue weighted by Gasteiger charge is -2.02. The van der Waals surface area contributed by atoms with Gasteiger partial charge in [0.1, 0.15) is 0 Å². The van der Waals surface area contributed by atoms with Crippen LogP contribution in [-0.4, -0.2) is 4.98 Å². The predicted molar refractivity (Wildman–Crippen MR) is 79.8 cm³/mol. The number of unbranched alkanes of at least 4 members (excludes halogenated alkanes) is 3. The third kappa shape index (κ3) is 3.42. The van der Waals surface area contributed by atoms with Gasteiger partial charge in [-0.05, 0) is 19.8 Å². The van der Waals surface area contributed by atoms with Crippen molar-refractivity contribution in [1.29, 1.82) is 0 Å². The Kier molecular flexibility index (Phi) is 4.94. The average molecular weight is 258 g/mol. The van der Waals surface area contributed by atoms with Gasteiger partial charge in [-0.2, -0.15) is 0 Å². The lowest BCUT2D eigenvalue weighted by Crippen LogP contribution is -1.87. The first-order valence-electron chi connectivity index (χ1n) is 6.62. The Morgan fingerprint density at radius 2 is 1.89 bits per heavy atom. The van der Waals surface area contributed by atoms with E-state index < -0.39 is 0 Å². The van der Waals surface area contributed by atoms with Crippen molar-refractivity contribution in [3.05, 3.63) is 47.1 Å². The number of aryl methyl sites for hydroxylation is 2. The van der Waals surface area contributed by atoms with Gasteiger partial charge in [-0.15, -0.1) is 11.3 Å². The Morgan fingerprint density at radius 3 is 2.61 bits per heavy atom. The molecule has 18 heavy (non-hydrogen) atoms. The third-order valence-corrected chi connectivity index (χ3v) is 4.04. The van der Waals surface area contributed by atoms with Crippen LogP contribution in [-0.2, 0) is 6.42 Å². The highest BCUT2D eigenvalue weighted by Gasteiger charge is 2.10. The molecule has 0 atom stereocenters. The van der Waals surface area contributed by atoms with Crippen molar-refractivity contribution in [2.75, 3.05) is 0 Å². The van der Waals surface area contributed by atoms with Crippen LogP contribution in [0.4, 0.5) is 0 Å². The van der Waals surface area contributed by atoms with Crippen LogP contribution in [0.15, 0.2) is 30.3 Å². The summed E-state index contributed by atoms with van der Waals surface area (Å²) in [6.07, 6.45) is 5.95. The number of hydrogen-bond donors (Lipinski definition) is 0. The highest BCUT2D eigenvalue weighted by atomic mass is 32.1. The van der Waals surface area contributed by atoms with Crippen LogP contribution in [0.3, 0.4) is 0 Å². The molecule has 0 aliphatic heterocycles. The van der Waals surface area contributed by atoms with Crippen LogP contribution < -0.4 is 0 Å². The second-order valence-electron chi connectivity index (χ2n) is 4.53. The Morgan fingerprint density at radius 1 is 1.11 bits per heavy atom. The van der Waals surface area contributed by atoms with E-state index in [4.69, 9.17) is 0 Å². The lowest BCUT2D eigenvalue weighted by molar-refractivity contribution is 0.690. The summed E-state index contributed by atoms with van der Waals surface area (Å²) in [5.41, 5.74) is 2.43. The van der Waals surface area contributed by atoms with E-state index in [9.17, 15) is 0 Å². The molecule has 0 saturated carbocycles. The summed E-state index contributed by atoms with van der Waals surface area (Å²) in [5.74, 6) is 0. The van der Waals surface area contributed by atoms with Gasteiger partial charge in [-0.3, -0.25) is 0 Å². The monoisotopic (exact) mass is 258 g/mol. The molecule has 1 nitrogen and oxygen atoms in total. The van der Waals surface area contributed by atoms with Gasteiger partial charge in [0.2, 0.25) is 0 Å². The summed E-state index contributed by atoms with van der Waals surface area (Å²) in [4.78, 5) is 6.12. The minimum absolute atomic E-state index is 1.05. The molecule has 0 unspecified atom stereocenters. The lowest BCUT2D eigenvalue weighted by atomic mass is 10.1. The van der Waals surface area contributed by atoms with Gasteiger partial charge in [0.25, 0.3) is 0 Å². The summed E-state index contributed by atoms with van der Waals surface area (Å²) in [6, 6.07) is 10.5. The van der Waals surface area contributed by atoms with Gasteiger partial charge in [0, 0.05) is 10.4 Å². The molecule has 0 amide bonds. The normalized spacial score (nSPS) is 10.8. The van der Waals surface area contributed by atoms with E-state index in [1.54, 1.807) is 0 Å². The van der Waals surface area contributed by atoms with Gasteiger partial charge in [0.05, 0.1) is 10.7 Å². The third-order valence-electron chi connectivity index (χ3n) is 3.01. The molecule has 0 aliphatic rings. The summed E-state index contributed by atoms with van der Waals surface area (Å²) < 4.78 is 0. The highest BCUT2D eigenvalue weighted by molar-refractivity contribution is 7.12. The molecule has 2 heteroatoms. The Labute approximate surface area is 114 Å². The van der Waals surface area contributed by atoms with Crippen molar-refractivity contribution in [1.82, 2.24) is 4.98 Å². The zero-order valence-corrected chi connectivity index (χ0v) is 11.8. The van der Waals surface area contributed by atoms with Crippen molar-refractivity contribution in [3.8, 4) is 11.3 Å². The molecule has 1 aromatic carbocycles. The first-order chi connectivity index (χ1) is 8.81. The quantitative estimate of drug-likeness (QED) is 0.660. The smallest absolute Gasteiger partial charge is 0.0904 e. The predicted octanol–water partition coefficient (Wildman–Crippen LogP) is 5.06. The van der Waals surface area contributed by atoms with Crippen molar-refractivity contribution in [2.45, 2.75) is 39.0 Å². The Hall–Kier alpha value is -1.15. The van der Waals surface area contributed by atoms with E-state index in [-0.39, 0.29) is 0 Å². The van der Waals surface area contributed by atoms with E-state index >= 15 is 0 Å². The fraction of sp³-hybridized carbons (Fsp3) is 0.375. The second-order valence-corrected chi connectivity index (χ2v) is 5.82. The molecular formula is C16H20NS. The van der Waals surface area contributed by atoms with Crippen LogP contribution in [0.25, 0.3) is 11.3 Å². The fourth-order valence-electron chi connectivity index (χ4n) is 2.10. The SMILES string of the molecule is [CH2]CCCCCc1sc(C)nc1-c1ccccc1. The molecule has 1 radical (unpaired) electrons. The minimum Gasteiger partial charge on any atom is -0.241 e. The van der Waals surface area contributed by atoms with E-state index in [0.717, 1.165) is 12.8 Å². The van der Waals surface area contributed by atoms with E-state index in [1.165, 1.54) is 40.4 Å². The molecule has 0 aliphatic carbocycles. The summed E-state index contributed by atoms with van der Waals surface area (Å²) >= 11 is 1.84. The molecule has 0 spiro atoms. The number of hydrogen-bond acceptors (Lipinski definition) is 2. The maximum Gasteiger partial charge on any atom is 0.0904 e. The standard InChI is InChI=1S/C16H20NS/c1-3-4-5-9-12-15-16(17-13(2)18-15)14-10-7-6-8-11-14/h6-8,10-11H,1,3-5,9,12H2,2H3. The number of benzene rings is 1. The van der Waals surface area contributed by atoms with Crippen LogP contribution in [0.1, 0.15) is 35.6 Å². The van der Waals surface area contributed by atoms with Gasteiger partial charge >= 0.3 is 0 Å². The number of rotatable bonds is 6. The molecular weight excluding hydrogens is 238 g/mol. The van der Waals surface area contributed by atoms with Crippen molar-refractivity contribution < 1.29 is 0 Å². The zero-order chi connectivity index (χ0) is 12.8. The zero-order valence-electron chi connectivity index (χ0n) is 11.0. The molecule has 1 aromatic heterocycles. The van der Waals surface area contributed by atoms with Gasteiger partial charge in [0.15, 0.2) is 0 Å². The van der Waals surface area contributed by atoms with Crippen LogP contribution in [0.5, 0.6) is 0 Å². The Balaban J connectivity index is 2.11. The molecule has 0 bridgehead atoms. The maximum absolute atomic E-state index is 4.69. The summed E-state index contributed by atoms with van der Waals surface area (Å²) in [7, 11) is 0. The molecule has 0 saturated heterocycles. The first kappa shape index (κ1) is 13.3. The van der Waals surface area contributed by atoms with Crippen molar-refractivity contribution in [2.24, 2.45) is 0 Å². The van der Waals surface area contributed by atoms with Crippen LogP contribution in [0.2, 0.25) is 0 Å². The van der Waals surface area contributed by atoms with Crippen LogP contribution >= 0.6 is 11.3 Å². The summed E-state index contributed by atoms with van der Waals surface area (Å²) in [6.45, 7) is 5.98. The second kappa shape index (κ2) is 6.69. The number of aromatic nitrogens is 1. The van der Waals surface area contributed by atoms with Gasteiger partial charge in [-0.25, -0.2) is 4.98 Å². The Bertz CT molecular complexity index is 473. The fourth-order valence-corrected chi connectivity index (χ4v) is 3.10. The molecule has 1 heterocycles. The first-order valence-corrected chi connectivity index (χ1v) is 7.44. The number of thiazole rings is 1. The summed E-state index contributed by atoms with van der Waals surface area (Å²) in [5, 5.41) is 1.17. The topological polar surface area (TPSA) is 12.9 Å². The van der Waals surface area contributed by atoms with E-state index in [0.29, 0.717) is 0 Å². The minimum atomic E-state index is 1.05. The molecule has 0 N–H and O–H groups in total. The van der Waals surface area contributed by atoms with Gasteiger partial charge in [-0.1, -0.05) is 56.5 Å².